The molecule has 2 aromatic carbocycles. The molecule has 0 bridgehead atoms. The van der Waals surface area contributed by atoms with Gasteiger partial charge in [0.2, 0.25) is 0 Å². The highest BCUT2D eigenvalue weighted by atomic mass is 16.5. The largest absolute Gasteiger partial charge is 0.485 e. The number of ether oxygens (including phenoxy) is 1. The van der Waals surface area contributed by atoms with E-state index in [0.717, 1.165) is 27.9 Å². The second kappa shape index (κ2) is 5.44. The summed E-state index contributed by atoms with van der Waals surface area (Å²) < 4.78 is 6.15. The third-order valence-electron chi connectivity index (χ3n) is 3.50. The van der Waals surface area contributed by atoms with Crippen LogP contribution in [-0.4, -0.2) is 4.98 Å². The molecule has 1 aromatic heterocycles. The quantitative estimate of drug-likeness (QED) is 0.728. The number of hydrogen-bond donors (Lipinski definition) is 1. The molecule has 3 aromatic rings. The van der Waals surface area contributed by atoms with E-state index in [1.165, 1.54) is 0 Å². The van der Waals surface area contributed by atoms with Gasteiger partial charge < -0.3 is 10.5 Å². The minimum absolute atomic E-state index is 0.0300. The topological polar surface area (TPSA) is 48.1 Å². The summed E-state index contributed by atoms with van der Waals surface area (Å²) in [6.07, 6.45) is -0.0300. The monoisotopic (exact) mass is 278 g/mol. The third-order valence-corrected chi connectivity index (χ3v) is 3.50. The van der Waals surface area contributed by atoms with Crippen molar-refractivity contribution in [3.8, 4) is 5.75 Å². The van der Waals surface area contributed by atoms with Crippen molar-refractivity contribution in [2.24, 2.45) is 0 Å². The van der Waals surface area contributed by atoms with Gasteiger partial charge in [-0.2, -0.15) is 0 Å². The number of benzene rings is 2. The summed E-state index contributed by atoms with van der Waals surface area (Å²) in [6.45, 7) is 4.01. The van der Waals surface area contributed by atoms with Crippen molar-refractivity contribution in [2.75, 3.05) is 5.73 Å². The van der Waals surface area contributed by atoms with Crippen molar-refractivity contribution in [1.29, 1.82) is 0 Å². The molecular weight excluding hydrogens is 260 g/mol. The summed E-state index contributed by atoms with van der Waals surface area (Å²) in [7, 11) is 0. The van der Waals surface area contributed by atoms with E-state index in [-0.39, 0.29) is 6.10 Å². The lowest BCUT2D eigenvalue weighted by atomic mass is 10.1. The average Bonchev–Trinajstić information content (AvgIpc) is 2.49. The van der Waals surface area contributed by atoms with E-state index in [4.69, 9.17) is 10.5 Å². The molecule has 0 spiro atoms. The summed E-state index contributed by atoms with van der Waals surface area (Å²) in [5.74, 6) is 0.821. The average molecular weight is 278 g/mol. The van der Waals surface area contributed by atoms with Gasteiger partial charge in [-0.05, 0) is 37.6 Å². The van der Waals surface area contributed by atoms with Crippen molar-refractivity contribution in [1.82, 2.24) is 4.98 Å². The summed E-state index contributed by atoms with van der Waals surface area (Å²) in [4.78, 5) is 4.52. The van der Waals surface area contributed by atoms with Crippen LogP contribution in [-0.2, 0) is 0 Å². The van der Waals surface area contributed by atoms with E-state index in [1.807, 2.05) is 56.3 Å². The molecule has 1 atom stereocenters. The van der Waals surface area contributed by atoms with Gasteiger partial charge >= 0.3 is 0 Å². The zero-order valence-corrected chi connectivity index (χ0v) is 12.2. The fourth-order valence-electron chi connectivity index (χ4n) is 2.42. The van der Waals surface area contributed by atoms with Gasteiger partial charge in [0.25, 0.3) is 0 Å². The van der Waals surface area contributed by atoms with Gasteiger partial charge in [-0.15, -0.1) is 0 Å². The molecule has 1 heterocycles. The Labute approximate surface area is 124 Å². The molecule has 0 radical (unpaired) electrons. The van der Waals surface area contributed by atoms with Gasteiger partial charge in [0.15, 0.2) is 0 Å². The van der Waals surface area contributed by atoms with E-state index in [1.54, 1.807) is 0 Å². The predicted molar refractivity (Wildman–Crippen MR) is 86.4 cm³/mol. The van der Waals surface area contributed by atoms with Crippen LogP contribution in [0.2, 0.25) is 0 Å². The van der Waals surface area contributed by atoms with Gasteiger partial charge in [0.05, 0.1) is 5.52 Å². The number of nitrogen functional groups attached to an aromatic ring is 1. The number of aryl methyl sites for hydroxylation is 1. The summed E-state index contributed by atoms with van der Waals surface area (Å²) in [6, 6.07) is 17.8. The van der Waals surface area contributed by atoms with E-state index < -0.39 is 0 Å². The molecule has 2 N–H and O–H groups in total. The number of pyridine rings is 1. The molecule has 0 aliphatic rings. The molecule has 0 fully saturated rings. The van der Waals surface area contributed by atoms with Crippen LogP contribution < -0.4 is 10.5 Å². The maximum absolute atomic E-state index is 6.15. The van der Waals surface area contributed by atoms with Crippen LogP contribution in [0, 0.1) is 6.92 Å². The third kappa shape index (κ3) is 2.82. The van der Waals surface area contributed by atoms with Crippen LogP contribution in [0.3, 0.4) is 0 Å². The summed E-state index contributed by atoms with van der Waals surface area (Å²) in [5.41, 5.74) is 9.58. The Kier molecular flexibility index (Phi) is 3.48. The highest BCUT2D eigenvalue weighted by Crippen LogP contribution is 2.30. The summed E-state index contributed by atoms with van der Waals surface area (Å²) >= 11 is 0. The molecule has 0 amide bonds. The molecule has 0 aliphatic carbocycles. The lowest BCUT2D eigenvalue weighted by Crippen LogP contribution is -2.04. The first-order valence-electron chi connectivity index (χ1n) is 7.02. The Balaban J connectivity index is 2.02. The Morgan fingerprint density at radius 1 is 1.05 bits per heavy atom. The van der Waals surface area contributed by atoms with Gasteiger partial charge in [-0.25, -0.2) is 0 Å². The molecular formula is C18H18N2O. The fraction of sp³-hybridized carbons (Fsp3) is 0.167. The molecule has 106 valence electrons. The van der Waals surface area contributed by atoms with E-state index >= 15 is 0 Å². The van der Waals surface area contributed by atoms with Crippen LogP contribution in [0.25, 0.3) is 10.9 Å². The zero-order valence-electron chi connectivity index (χ0n) is 12.2. The lowest BCUT2D eigenvalue weighted by molar-refractivity contribution is 0.229. The van der Waals surface area contributed by atoms with Crippen LogP contribution >= 0.6 is 0 Å². The molecule has 3 heteroatoms. The Bertz CT molecular complexity index is 769. The molecule has 0 aliphatic heterocycles. The fourth-order valence-corrected chi connectivity index (χ4v) is 2.42. The van der Waals surface area contributed by atoms with Gasteiger partial charge in [-0.3, -0.25) is 4.98 Å². The number of nitrogens with zero attached hydrogens (tertiary/aromatic N) is 1. The zero-order chi connectivity index (χ0) is 14.8. The number of fused-ring (bicyclic) bond motifs is 1. The first kappa shape index (κ1) is 13.4. The van der Waals surface area contributed by atoms with Crippen LogP contribution in [0.15, 0.2) is 54.6 Å². The number of aromatic nitrogens is 1. The van der Waals surface area contributed by atoms with Crippen LogP contribution in [0.4, 0.5) is 5.69 Å². The normalized spacial score (nSPS) is 12.3. The van der Waals surface area contributed by atoms with Crippen LogP contribution in [0.1, 0.15) is 24.3 Å². The first-order valence-corrected chi connectivity index (χ1v) is 7.02. The van der Waals surface area contributed by atoms with Crippen molar-refractivity contribution >= 4 is 16.6 Å². The second-order valence-corrected chi connectivity index (χ2v) is 5.21. The molecule has 3 nitrogen and oxygen atoms in total. The number of anilines is 1. The van der Waals surface area contributed by atoms with E-state index in [9.17, 15) is 0 Å². The van der Waals surface area contributed by atoms with Crippen LogP contribution in [0.5, 0.6) is 5.75 Å². The van der Waals surface area contributed by atoms with Crippen molar-refractivity contribution in [2.45, 2.75) is 20.0 Å². The van der Waals surface area contributed by atoms with Gasteiger partial charge in [0, 0.05) is 22.8 Å². The maximum Gasteiger partial charge on any atom is 0.131 e. The second-order valence-electron chi connectivity index (χ2n) is 5.21. The van der Waals surface area contributed by atoms with E-state index in [2.05, 4.69) is 17.1 Å². The first-order chi connectivity index (χ1) is 10.1. The Morgan fingerprint density at radius 2 is 1.81 bits per heavy atom. The van der Waals surface area contributed by atoms with Gasteiger partial charge in [-0.1, -0.05) is 30.3 Å². The Morgan fingerprint density at radius 3 is 2.57 bits per heavy atom. The smallest absolute Gasteiger partial charge is 0.131 e. The minimum Gasteiger partial charge on any atom is -0.485 e. The van der Waals surface area contributed by atoms with Crippen molar-refractivity contribution in [3.05, 3.63) is 65.9 Å². The maximum atomic E-state index is 6.15. The van der Waals surface area contributed by atoms with Crippen molar-refractivity contribution in [3.63, 3.8) is 0 Å². The lowest BCUT2D eigenvalue weighted by Gasteiger charge is -2.17. The molecule has 21 heavy (non-hydrogen) atoms. The highest BCUT2D eigenvalue weighted by Gasteiger charge is 2.11. The minimum atomic E-state index is -0.0300. The van der Waals surface area contributed by atoms with Gasteiger partial charge in [0.1, 0.15) is 11.9 Å². The number of rotatable bonds is 3. The summed E-state index contributed by atoms with van der Waals surface area (Å²) in [5, 5.41) is 0.948. The number of hydrogen-bond acceptors (Lipinski definition) is 3. The predicted octanol–water partition coefficient (Wildman–Crippen LogP) is 4.27. The molecule has 0 saturated carbocycles. The SMILES string of the molecule is Cc1cc(OC(C)c2ccccc2)c2cc(N)ccc2n1. The number of nitrogens with two attached hydrogens (primary N) is 1. The molecule has 1 unspecified atom stereocenters. The standard InChI is InChI=1S/C18H18N2O/c1-12-10-18(16-11-15(19)8-9-17(16)20-12)21-13(2)14-6-4-3-5-7-14/h3-11,13H,19H2,1-2H3. The van der Waals surface area contributed by atoms with E-state index in [0.29, 0.717) is 5.69 Å². The Hall–Kier alpha value is -2.55. The molecule has 3 rings (SSSR count). The molecule has 0 saturated heterocycles. The van der Waals surface area contributed by atoms with Crippen molar-refractivity contribution < 1.29 is 4.74 Å². The highest BCUT2D eigenvalue weighted by molar-refractivity contribution is 5.88.